The first-order chi connectivity index (χ1) is 10.3. The number of benzene rings is 2. The second kappa shape index (κ2) is 8.48. The molecule has 0 aliphatic heterocycles. The first-order valence-corrected chi connectivity index (χ1v) is 8.36. The van der Waals surface area contributed by atoms with E-state index in [1.807, 2.05) is 66.7 Å². The van der Waals surface area contributed by atoms with Crippen molar-refractivity contribution in [3.05, 3.63) is 77.9 Å². The number of carbonyl (C=O) groups is 1. The summed E-state index contributed by atoms with van der Waals surface area (Å²) in [5, 5.41) is 0. The molecule has 2 aromatic rings. The Morgan fingerprint density at radius 3 is 2.29 bits per heavy atom. The summed E-state index contributed by atoms with van der Waals surface area (Å²) in [6.45, 7) is 2.12. The lowest BCUT2D eigenvalue weighted by atomic mass is 9.96. The van der Waals surface area contributed by atoms with Crippen molar-refractivity contribution in [2.75, 3.05) is 11.5 Å². The molecule has 1 atom stereocenters. The van der Waals surface area contributed by atoms with Gasteiger partial charge in [-0.2, -0.15) is 11.8 Å². The van der Waals surface area contributed by atoms with Crippen molar-refractivity contribution in [3.8, 4) is 0 Å². The zero-order valence-electron chi connectivity index (χ0n) is 12.2. The minimum Gasteiger partial charge on any atom is -0.294 e. The molecule has 0 aliphatic rings. The smallest absolute Gasteiger partial charge is 0.163 e. The van der Waals surface area contributed by atoms with Crippen LogP contribution in [-0.4, -0.2) is 17.3 Å². The monoisotopic (exact) mass is 296 g/mol. The van der Waals surface area contributed by atoms with E-state index in [2.05, 4.69) is 6.92 Å². The van der Waals surface area contributed by atoms with Gasteiger partial charge in [-0.3, -0.25) is 4.79 Å². The number of ketones is 1. The van der Waals surface area contributed by atoms with Gasteiger partial charge in [0.25, 0.3) is 0 Å². The first kappa shape index (κ1) is 15.6. The molecular formula is C19H20OS. The third-order valence-corrected chi connectivity index (χ3v) is 4.25. The van der Waals surface area contributed by atoms with Crippen LogP contribution in [0.2, 0.25) is 0 Å². The average molecular weight is 296 g/mol. The third kappa shape index (κ3) is 4.91. The van der Waals surface area contributed by atoms with Gasteiger partial charge < -0.3 is 0 Å². The highest BCUT2D eigenvalue weighted by Gasteiger charge is 2.17. The summed E-state index contributed by atoms with van der Waals surface area (Å²) in [6, 6.07) is 20.0. The standard InChI is InChI=1S/C19H20OS/c1-2-21-15-18(17-11-7-4-8-12-17)19(20)14-13-16-9-5-3-6-10-16/h3-14,18H,2,15H2,1H3/b14-13+/t18-/m1/s1. The predicted molar refractivity (Wildman–Crippen MR) is 92.7 cm³/mol. The molecule has 0 aromatic heterocycles. The summed E-state index contributed by atoms with van der Waals surface area (Å²) in [4.78, 5) is 12.5. The number of carbonyl (C=O) groups excluding carboxylic acids is 1. The maximum absolute atomic E-state index is 12.5. The molecule has 0 unspecified atom stereocenters. The molecule has 0 aliphatic carbocycles. The van der Waals surface area contributed by atoms with Crippen LogP contribution < -0.4 is 0 Å². The molecule has 0 amide bonds. The lowest BCUT2D eigenvalue weighted by molar-refractivity contribution is -0.115. The lowest BCUT2D eigenvalue weighted by Gasteiger charge is -2.13. The Morgan fingerprint density at radius 1 is 1.05 bits per heavy atom. The SMILES string of the molecule is CCSC[C@@H](C(=O)/C=C/c1ccccc1)c1ccccc1. The fraction of sp³-hybridized carbons (Fsp3) is 0.211. The van der Waals surface area contributed by atoms with Gasteiger partial charge in [0, 0.05) is 5.75 Å². The molecule has 2 aromatic carbocycles. The minimum absolute atomic E-state index is 0.0592. The second-order valence-electron chi connectivity index (χ2n) is 4.77. The molecule has 0 heterocycles. The van der Waals surface area contributed by atoms with Gasteiger partial charge in [-0.15, -0.1) is 0 Å². The van der Waals surface area contributed by atoms with Crippen LogP contribution in [0.25, 0.3) is 6.08 Å². The van der Waals surface area contributed by atoms with Crippen LogP contribution in [0.15, 0.2) is 66.7 Å². The summed E-state index contributed by atoms with van der Waals surface area (Å²) in [5.74, 6) is 1.97. The Hall–Kier alpha value is -1.80. The van der Waals surface area contributed by atoms with E-state index < -0.39 is 0 Å². The summed E-state index contributed by atoms with van der Waals surface area (Å²) in [5.41, 5.74) is 2.15. The molecular weight excluding hydrogens is 276 g/mol. The van der Waals surface area contributed by atoms with E-state index in [4.69, 9.17) is 0 Å². The molecule has 0 radical (unpaired) electrons. The summed E-state index contributed by atoms with van der Waals surface area (Å²) in [7, 11) is 0. The summed E-state index contributed by atoms with van der Waals surface area (Å²) in [6.07, 6.45) is 3.61. The molecule has 2 rings (SSSR count). The van der Waals surface area contributed by atoms with E-state index in [-0.39, 0.29) is 11.7 Å². The maximum atomic E-state index is 12.5. The van der Waals surface area contributed by atoms with Gasteiger partial charge in [-0.05, 0) is 23.0 Å². The Balaban J connectivity index is 2.13. The second-order valence-corrected chi connectivity index (χ2v) is 6.09. The number of thioether (sulfide) groups is 1. The molecule has 1 nitrogen and oxygen atoms in total. The molecule has 21 heavy (non-hydrogen) atoms. The van der Waals surface area contributed by atoms with Crippen molar-refractivity contribution < 1.29 is 4.79 Å². The van der Waals surface area contributed by atoms with Crippen molar-refractivity contribution >= 4 is 23.6 Å². The quantitative estimate of drug-likeness (QED) is 0.682. The van der Waals surface area contributed by atoms with Crippen molar-refractivity contribution in [1.29, 1.82) is 0 Å². The van der Waals surface area contributed by atoms with Crippen LogP contribution in [0.5, 0.6) is 0 Å². The highest BCUT2D eigenvalue weighted by molar-refractivity contribution is 7.99. The molecule has 108 valence electrons. The molecule has 0 N–H and O–H groups in total. The normalized spacial score (nSPS) is 12.4. The topological polar surface area (TPSA) is 17.1 Å². The van der Waals surface area contributed by atoms with Crippen molar-refractivity contribution in [1.82, 2.24) is 0 Å². The van der Waals surface area contributed by atoms with E-state index in [9.17, 15) is 4.79 Å². The highest BCUT2D eigenvalue weighted by Crippen LogP contribution is 2.22. The number of hydrogen-bond donors (Lipinski definition) is 0. The first-order valence-electron chi connectivity index (χ1n) is 7.21. The molecule has 0 bridgehead atoms. The maximum Gasteiger partial charge on any atom is 0.163 e. The van der Waals surface area contributed by atoms with E-state index in [0.717, 1.165) is 22.6 Å². The molecule has 0 fully saturated rings. The van der Waals surface area contributed by atoms with Crippen LogP contribution in [0.4, 0.5) is 0 Å². The van der Waals surface area contributed by atoms with Gasteiger partial charge in [-0.1, -0.05) is 73.7 Å². The largest absolute Gasteiger partial charge is 0.294 e. The van der Waals surface area contributed by atoms with Crippen LogP contribution in [0.3, 0.4) is 0 Å². The van der Waals surface area contributed by atoms with E-state index >= 15 is 0 Å². The van der Waals surface area contributed by atoms with Gasteiger partial charge >= 0.3 is 0 Å². The summed E-state index contributed by atoms with van der Waals surface area (Å²) >= 11 is 1.81. The fourth-order valence-electron chi connectivity index (χ4n) is 2.12. The zero-order chi connectivity index (χ0) is 14.9. The number of hydrogen-bond acceptors (Lipinski definition) is 2. The Labute approximate surface area is 131 Å². The summed E-state index contributed by atoms with van der Waals surface area (Å²) < 4.78 is 0. The van der Waals surface area contributed by atoms with Gasteiger partial charge in [0.05, 0.1) is 5.92 Å². The van der Waals surface area contributed by atoms with Gasteiger partial charge in [0.1, 0.15) is 0 Å². The Morgan fingerprint density at radius 2 is 1.67 bits per heavy atom. The van der Waals surface area contributed by atoms with Crippen LogP contribution in [-0.2, 0) is 4.79 Å². The zero-order valence-corrected chi connectivity index (χ0v) is 13.1. The Kier molecular flexibility index (Phi) is 6.29. The van der Waals surface area contributed by atoms with Crippen molar-refractivity contribution in [3.63, 3.8) is 0 Å². The number of allylic oxidation sites excluding steroid dienone is 1. The Bertz CT molecular complexity index is 575. The predicted octanol–water partition coefficient (Wildman–Crippen LogP) is 4.81. The van der Waals surface area contributed by atoms with Crippen molar-refractivity contribution in [2.45, 2.75) is 12.8 Å². The van der Waals surface area contributed by atoms with E-state index in [1.54, 1.807) is 17.8 Å². The van der Waals surface area contributed by atoms with E-state index in [0.29, 0.717) is 0 Å². The third-order valence-electron chi connectivity index (χ3n) is 3.27. The van der Waals surface area contributed by atoms with E-state index in [1.165, 1.54) is 0 Å². The van der Waals surface area contributed by atoms with Crippen LogP contribution in [0.1, 0.15) is 24.0 Å². The molecule has 0 spiro atoms. The average Bonchev–Trinajstić information content (AvgIpc) is 2.55. The molecule has 0 saturated carbocycles. The van der Waals surface area contributed by atoms with Crippen molar-refractivity contribution in [2.24, 2.45) is 0 Å². The van der Waals surface area contributed by atoms with Crippen LogP contribution in [0, 0.1) is 0 Å². The van der Waals surface area contributed by atoms with Gasteiger partial charge in [0.2, 0.25) is 0 Å². The van der Waals surface area contributed by atoms with Gasteiger partial charge in [0.15, 0.2) is 5.78 Å². The highest BCUT2D eigenvalue weighted by atomic mass is 32.2. The molecule has 0 saturated heterocycles. The molecule has 2 heteroatoms. The number of rotatable bonds is 7. The fourth-order valence-corrected chi connectivity index (χ4v) is 2.95. The van der Waals surface area contributed by atoms with Gasteiger partial charge in [-0.25, -0.2) is 0 Å². The minimum atomic E-state index is -0.0592. The lowest BCUT2D eigenvalue weighted by Crippen LogP contribution is -2.13. The van der Waals surface area contributed by atoms with Crippen LogP contribution >= 0.6 is 11.8 Å².